The number of nitrogens with zero attached hydrogens (tertiary/aromatic N) is 1. The molecule has 1 unspecified atom stereocenters. The summed E-state index contributed by atoms with van der Waals surface area (Å²) in [4.78, 5) is 13.9. The average Bonchev–Trinajstić information content (AvgIpc) is 2.87. The summed E-state index contributed by atoms with van der Waals surface area (Å²) >= 11 is 0. The Morgan fingerprint density at radius 1 is 1.25 bits per heavy atom. The van der Waals surface area contributed by atoms with Crippen molar-refractivity contribution in [2.45, 2.75) is 25.4 Å². The molecule has 0 saturated carbocycles. The first-order valence-electron chi connectivity index (χ1n) is 8.06. The number of hydrogen-bond acceptors (Lipinski definition) is 5. The van der Waals surface area contributed by atoms with Gasteiger partial charge in [0.25, 0.3) is 0 Å². The van der Waals surface area contributed by atoms with Gasteiger partial charge in [0.05, 0.1) is 24.7 Å². The Kier molecular flexibility index (Phi) is 5.07. The Balaban J connectivity index is 1.75. The molecule has 1 aromatic rings. The molecule has 1 aromatic carbocycles. The van der Waals surface area contributed by atoms with Gasteiger partial charge in [-0.05, 0) is 12.1 Å². The molecule has 0 aliphatic carbocycles. The highest BCUT2D eigenvalue weighted by Gasteiger charge is 2.34. The van der Waals surface area contributed by atoms with E-state index in [9.17, 15) is 13.2 Å². The molecule has 8 heteroatoms. The Hall–Kier alpha value is -1.64. The molecular formula is C16H22N2O5S. The van der Waals surface area contributed by atoms with Crippen LogP contribution in [0, 0.1) is 5.92 Å². The third-order valence-corrected chi connectivity index (χ3v) is 5.23. The second kappa shape index (κ2) is 7.08. The lowest BCUT2D eigenvalue weighted by molar-refractivity contribution is -0.117. The minimum atomic E-state index is -3.59. The van der Waals surface area contributed by atoms with Gasteiger partial charge in [0.15, 0.2) is 0 Å². The highest BCUT2D eigenvalue weighted by Crippen LogP contribution is 2.34. The maximum atomic E-state index is 12.3. The first-order chi connectivity index (χ1) is 11.4. The number of ether oxygens (including phenoxy) is 2. The van der Waals surface area contributed by atoms with E-state index in [4.69, 9.17) is 14.6 Å². The number of primary sulfonamides is 1. The number of benzene rings is 1. The monoisotopic (exact) mass is 354 g/mol. The molecule has 0 spiro atoms. The van der Waals surface area contributed by atoms with Crippen LogP contribution in [0.4, 0.5) is 5.69 Å². The normalized spacial score (nSPS) is 22.8. The van der Waals surface area contributed by atoms with Gasteiger partial charge in [-0.3, -0.25) is 4.79 Å². The van der Waals surface area contributed by atoms with Gasteiger partial charge >= 0.3 is 0 Å². The van der Waals surface area contributed by atoms with Crippen molar-refractivity contribution in [2.24, 2.45) is 11.1 Å². The van der Waals surface area contributed by atoms with Crippen molar-refractivity contribution in [3.8, 4) is 5.75 Å². The largest absolute Gasteiger partial charge is 0.488 e. The van der Waals surface area contributed by atoms with E-state index in [1.807, 2.05) is 24.3 Å². The number of carbonyl (C=O) groups is 1. The molecule has 132 valence electrons. The minimum Gasteiger partial charge on any atom is -0.488 e. The van der Waals surface area contributed by atoms with Crippen LogP contribution in [0.3, 0.4) is 0 Å². The summed E-state index contributed by atoms with van der Waals surface area (Å²) in [6, 6.07) is 7.37. The number of sulfonamides is 1. The van der Waals surface area contributed by atoms with E-state index < -0.39 is 10.0 Å². The molecule has 24 heavy (non-hydrogen) atoms. The van der Waals surface area contributed by atoms with Gasteiger partial charge < -0.3 is 14.4 Å². The zero-order valence-corrected chi connectivity index (χ0v) is 14.2. The van der Waals surface area contributed by atoms with E-state index in [0.29, 0.717) is 31.2 Å². The fourth-order valence-electron chi connectivity index (χ4n) is 3.21. The van der Waals surface area contributed by atoms with E-state index in [-0.39, 0.29) is 30.1 Å². The SMILES string of the molecule is NS(=O)(=O)CC1CC(=O)N(c2ccccc2OC2CCOCC2)C1. The second-order valence-electron chi connectivity index (χ2n) is 6.30. The van der Waals surface area contributed by atoms with Gasteiger partial charge in [0.2, 0.25) is 15.9 Å². The van der Waals surface area contributed by atoms with Gasteiger partial charge in [0.1, 0.15) is 11.9 Å². The van der Waals surface area contributed by atoms with Crippen LogP contribution in [-0.2, 0) is 19.6 Å². The highest BCUT2D eigenvalue weighted by molar-refractivity contribution is 7.89. The van der Waals surface area contributed by atoms with Crippen molar-refractivity contribution >= 4 is 21.6 Å². The quantitative estimate of drug-likeness (QED) is 0.846. The first kappa shape index (κ1) is 17.2. The fraction of sp³-hybridized carbons (Fsp3) is 0.562. The molecule has 2 fully saturated rings. The summed E-state index contributed by atoms with van der Waals surface area (Å²) in [5.41, 5.74) is 0.686. The number of carbonyl (C=O) groups excluding carboxylic acids is 1. The summed E-state index contributed by atoms with van der Waals surface area (Å²) in [6.07, 6.45) is 1.88. The molecular weight excluding hydrogens is 332 g/mol. The maximum absolute atomic E-state index is 12.3. The number of nitrogens with two attached hydrogens (primary N) is 1. The van der Waals surface area contributed by atoms with E-state index in [1.165, 1.54) is 0 Å². The van der Waals surface area contributed by atoms with Crippen molar-refractivity contribution in [1.29, 1.82) is 0 Å². The minimum absolute atomic E-state index is 0.0674. The maximum Gasteiger partial charge on any atom is 0.227 e. The van der Waals surface area contributed by atoms with Gasteiger partial charge in [-0.1, -0.05) is 12.1 Å². The molecule has 1 amide bonds. The molecule has 2 N–H and O–H groups in total. The van der Waals surface area contributed by atoms with Crippen molar-refractivity contribution in [3.05, 3.63) is 24.3 Å². The fourth-order valence-corrected chi connectivity index (χ4v) is 4.09. The lowest BCUT2D eigenvalue weighted by atomic mass is 10.1. The van der Waals surface area contributed by atoms with Gasteiger partial charge in [0, 0.05) is 31.7 Å². The average molecular weight is 354 g/mol. The van der Waals surface area contributed by atoms with Crippen LogP contribution in [0.25, 0.3) is 0 Å². The van der Waals surface area contributed by atoms with E-state index in [0.717, 1.165) is 12.8 Å². The van der Waals surface area contributed by atoms with Crippen LogP contribution in [0.2, 0.25) is 0 Å². The number of para-hydroxylation sites is 2. The van der Waals surface area contributed by atoms with Crippen LogP contribution >= 0.6 is 0 Å². The highest BCUT2D eigenvalue weighted by atomic mass is 32.2. The summed E-state index contributed by atoms with van der Waals surface area (Å²) in [5, 5.41) is 5.10. The molecule has 0 aromatic heterocycles. The molecule has 2 heterocycles. The van der Waals surface area contributed by atoms with Crippen molar-refractivity contribution < 1.29 is 22.7 Å². The first-order valence-corrected chi connectivity index (χ1v) is 9.78. The van der Waals surface area contributed by atoms with E-state index >= 15 is 0 Å². The van der Waals surface area contributed by atoms with Crippen LogP contribution < -0.4 is 14.8 Å². The lowest BCUT2D eigenvalue weighted by Crippen LogP contribution is -2.29. The van der Waals surface area contributed by atoms with Crippen LogP contribution in [0.15, 0.2) is 24.3 Å². The van der Waals surface area contributed by atoms with Crippen molar-refractivity contribution in [2.75, 3.05) is 30.4 Å². The molecule has 7 nitrogen and oxygen atoms in total. The standard InChI is InChI=1S/C16H22N2O5S/c17-24(20,21)11-12-9-16(19)18(10-12)14-3-1-2-4-15(14)23-13-5-7-22-8-6-13/h1-4,12-13H,5-11H2,(H2,17,20,21). The molecule has 0 radical (unpaired) electrons. The predicted octanol–water partition coefficient (Wildman–Crippen LogP) is 0.886. The van der Waals surface area contributed by atoms with E-state index in [2.05, 4.69) is 0 Å². The Bertz CT molecular complexity index is 700. The van der Waals surface area contributed by atoms with Crippen molar-refractivity contribution in [3.63, 3.8) is 0 Å². The zero-order valence-electron chi connectivity index (χ0n) is 13.4. The summed E-state index contributed by atoms with van der Waals surface area (Å²) < 4.78 is 34.0. The number of rotatable bonds is 5. The third kappa shape index (κ3) is 4.25. The Morgan fingerprint density at radius 2 is 1.96 bits per heavy atom. The smallest absolute Gasteiger partial charge is 0.227 e. The Morgan fingerprint density at radius 3 is 2.67 bits per heavy atom. The number of amides is 1. The number of anilines is 1. The van der Waals surface area contributed by atoms with Crippen LogP contribution in [0.1, 0.15) is 19.3 Å². The van der Waals surface area contributed by atoms with Crippen LogP contribution in [0.5, 0.6) is 5.75 Å². The number of hydrogen-bond donors (Lipinski definition) is 1. The Labute approximate surface area is 141 Å². The molecule has 2 saturated heterocycles. The molecule has 2 aliphatic rings. The zero-order chi connectivity index (χ0) is 17.2. The van der Waals surface area contributed by atoms with Gasteiger partial charge in [-0.15, -0.1) is 0 Å². The summed E-state index contributed by atoms with van der Waals surface area (Å²) in [7, 11) is -3.59. The van der Waals surface area contributed by atoms with Crippen molar-refractivity contribution in [1.82, 2.24) is 0 Å². The molecule has 0 bridgehead atoms. The summed E-state index contributed by atoms with van der Waals surface area (Å²) in [6.45, 7) is 1.68. The third-order valence-electron chi connectivity index (χ3n) is 4.29. The second-order valence-corrected chi connectivity index (χ2v) is 7.96. The topological polar surface area (TPSA) is 98.9 Å². The van der Waals surface area contributed by atoms with Gasteiger partial charge in [-0.25, -0.2) is 13.6 Å². The lowest BCUT2D eigenvalue weighted by Gasteiger charge is -2.26. The molecule has 3 rings (SSSR count). The van der Waals surface area contributed by atoms with Crippen LogP contribution in [-0.4, -0.2) is 45.9 Å². The van der Waals surface area contributed by atoms with Gasteiger partial charge in [-0.2, -0.15) is 0 Å². The molecule has 2 aliphatic heterocycles. The predicted molar refractivity (Wildman–Crippen MR) is 89.3 cm³/mol. The molecule has 1 atom stereocenters. The summed E-state index contributed by atoms with van der Waals surface area (Å²) in [5.74, 6) is 0.0717. The van der Waals surface area contributed by atoms with E-state index in [1.54, 1.807) is 4.90 Å².